The molecule has 0 radical (unpaired) electrons. The molecule has 20 heavy (non-hydrogen) atoms. The Morgan fingerprint density at radius 2 is 2.10 bits per heavy atom. The quantitative estimate of drug-likeness (QED) is 0.654. The first-order valence-corrected chi connectivity index (χ1v) is 6.73. The summed E-state index contributed by atoms with van der Waals surface area (Å²) in [7, 11) is 0. The average molecular weight is 337 g/mol. The Labute approximate surface area is 124 Å². The van der Waals surface area contributed by atoms with E-state index in [9.17, 15) is 15.2 Å². The van der Waals surface area contributed by atoms with E-state index in [4.69, 9.17) is 0 Å². The van der Waals surface area contributed by atoms with E-state index in [2.05, 4.69) is 21.2 Å². The van der Waals surface area contributed by atoms with Crippen LogP contribution in [0.4, 0.5) is 11.4 Å². The summed E-state index contributed by atoms with van der Waals surface area (Å²) in [5.41, 5.74) is 1.88. The van der Waals surface area contributed by atoms with Crippen LogP contribution in [0.25, 0.3) is 0 Å². The summed E-state index contributed by atoms with van der Waals surface area (Å²) >= 11 is 3.21. The van der Waals surface area contributed by atoms with Crippen molar-refractivity contribution in [2.75, 3.05) is 5.32 Å². The van der Waals surface area contributed by atoms with E-state index in [1.807, 2.05) is 6.07 Å². The van der Waals surface area contributed by atoms with Crippen LogP contribution in [-0.2, 0) is 6.54 Å². The van der Waals surface area contributed by atoms with E-state index in [0.29, 0.717) is 22.3 Å². The zero-order chi connectivity index (χ0) is 14.7. The highest BCUT2D eigenvalue weighted by molar-refractivity contribution is 9.10. The first kappa shape index (κ1) is 14.3. The number of hydrogen-bond acceptors (Lipinski definition) is 4. The zero-order valence-electron chi connectivity index (χ0n) is 10.8. The number of halogens is 1. The molecular weight excluding hydrogens is 324 g/mol. The number of phenolic OH excluding ortho intramolecular Hbond substituents is 1. The number of phenols is 1. The lowest BCUT2D eigenvalue weighted by Gasteiger charge is -2.10. The Bertz CT molecular complexity index is 659. The fraction of sp³-hybridized carbons (Fsp3) is 0.143. The van der Waals surface area contributed by atoms with Crippen molar-refractivity contribution in [3.63, 3.8) is 0 Å². The van der Waals surface area contributed by atoms with E-state index in [1.165, 1.54) is 6.07 Å². The lowest BCUT2D eigenvalue weighted by Crippen LogP contribution is -2.03. The largest absolute Gasteiger partial charge is 0.507 e. The minimum Gasteiger partial charge on any atom is -0.507 e. The number of nitrogens with zero attached hydrogens (tertiary/aromatic N) is 1. The number of nitrogens with one attached hydrogen (secondary N) is 1. The lowest BCUT2D eigenvalue weighted by molar-refractivity contribution is -0.384. The summed E-state index contributed by atoms with van der Waals surface area (Å²) in [6.07, 6.45) is 0. The number of aromatic hydroxyl groups is 1. The molecule has 0 heterocycles. The van der Waals surface area contributed by atoms with Gasteiger partial charge in [0, 0.05) is 22.6 Å². The third-order valence-corrected chi connectivity index (χ3v) is 3.44. The molecule has 6 heteroatoms. The van der Waals surface area contributed by atoms with Crippen LogP contribution >= 0.6 is 15.9 Å². The van der Waals surface area contributed by atoms with Crippen LogP contribution in [0, 0.1) is 17.0 Å². The molecule has 2 aromatic rings. The Morgan fingerprint density at radius 1 is 1.35 bits per heavy atom. The first-order valence-electron chi connectivity index (χ1n) is 5.94. The third-order valence-electron chi connectivity index (χ3n) is 2.95. The molecular formula is C14H13BrN2O3. The molecule has 0 saturated heterocycles. The molecule has 0 amide bonds. The number of hydrogen-bond donors (Lipinski definition) is 2. The summed E-state index contributed by atoms with van der Waals surface area (Å²) in [5, 5.41) is 23.9. The Morgan fingerprint density at radius 3 is 2.80 bits per heavy atom. The van der Waals surface area contributed by atoms with Crippen LogP contribution in [0.2, 0.25) is 0 Å². The van der Waals surface area contributed by atoms with Gasteiger partial charge >= 0.3 is 0 Å². The van der Waals surface area contributed by atoms with Crippen molar-refractivity contribution in [3.05, 3.63) is 62.1 Å². The van der Waals surface area contributed by atoms with Crippen LogP contribution in [0.3, 0.4) is 0 Å². The van der Waals surface area contributed by atoms with Crippen molar-refractivity contribution >= 4 is 27.3 Å². The molecule has 0 aliphatic rings. The van der Waals surface area contributed by atoms with Gasteiger partial charge in [0.1, 0.15) is 11.4 Å². The van der Waals surface area contributed by atoms with Gasteiger partial charge in [-0.15, -0.1) is 0 Å². The molecule has 0 saturated carbocycles. The number of nitro groups is 1. The third kappa shape index (κ3) is 3.08. The fourth-order valence-corrected chi connectivity index (χ4v) is 2.21. The first-order chi connectivity index (χ1) is 9.49. The molecule has 5 nitrogen and oxygen atoms in total. The number of rotatable bonds is 4. The number of nitro benzene ring substituents is 1. The smallest absolute Gasteiger partial charge is 0.293 e. The summed E-state index contributed by atoms with van der Waals surface area (Å²) < 4.78 is 0.646. The predicted octanol–water partition coefficient (Wildman–Crippen LogP) is 3.98. The maximum absolute atomic E-state index is 11.0. The van der Waals surface area contributed by atoms with Gasteiger partial charge in [-0.25, -0.2) is 0 Å². The molecule has 0 aliphatic heterocycles. The molecule has 104 valence electrons. The normalized spacial score (nSPS) is 10.3. The molecule has 0 spiro atoms. The summed E-state index contributed by atoms with van der Waals surface area (Å²) in [5.74, 6) is 0.208. The Balaban J connectivity index is 2.23. The van der Waals surface area contributed by atoms with Crippen LogP contribution in [0.15, 0.2) is 40.9 Å². The molecule has 0 aromatic heterocycles. The van der Waals surface area contributed by atoms with E-state index in [1.54, 1.807) is 31.2 Å². The van der Waals surface area contributed by atoms with Gasteiger partial charge in [-0.1, -0.05) is 34.1 Å². The minimum absolute atomic E-state index is 0.00785. The highest BCUT2D eigenvalue weighted by Crippen LogP contribution is 2.29. The number of para-hydroxylation sites is 1. The van der Waals surface area contributed by atoms with E-state index >= 15 is 0 Å². The molecule has 2 N–H and O–H groups in total. The van der Waals surface area contributed by atoms with Gasteiger partial charge in [0.2, 0.25) is 0 Å². The van der Waals surface area contributed by atoms with Crippen molar-refractivity contribution in [3.8, 4) is 5.75 Å². The SMILES string of the molecule is Cc1cccc(CNc2ccc(Br)cc2[N+](=O)[O-])c1O. The predicted molar refractivity (Wildman–Crippen MR) is 81.0 cm³/mol. The minimum atomic E-state index is -0.441. The summed E-state index contributed by atoms with van der Waals surface area (Å²) in [6, 6.07) is 10.2. The number of benzene rings is 2. The van der Waals surface area contributed by atoms with E-state index in [0.717, 1.165) is 5.56 Å². The van der Waals surface area contributed by atoms with Crippen LogP contribution in [0.1, 0.15) is 11.1 Å². The molecule has 0 atom stereocenters. The van der Waals surface area contributed by atoms with Gasteiger partial charge in [-0.3, -0.25) is 10.1 Å². The van der Waals surface area contributed by atoms with Gasteiger partial charge in [-0.05, 0) is 24.6 Å². The van der Waals surface area contributed by atoms with Gasteiger partial charge in [-0.2, -0.15) is 0 Å². The average Bonchev–Trinajstić information content (AvgIpc) is 2.41. The van der Waals surface area contributed by atoms with Gasteiger partial charge < -0.3 is 10.4 Å². The van der Waals surface area contributed by atoms with Gasteiger partial charge in [0.15, 0.2) is 0 Å². The van der Waals surface area contributed by atoms with Crippen molar-refractivity contribution in [1.82, 2.24) is 0 Å². The van der Waals surface area contributed by atoms with E-state index in [-0.39, 0.29) is 11.4 Å². The highest BCUT2D eigenvalue weighted by atomic mass is 79.9. The van der Waals surface area contributed by atoms with Gasteiger partial charge in [0.25, 0.3) is 5.69 Å². The van der Waals surface area contributed by atoms with Crippen LogP contribution < -0.4 is 5.32 Å². The second kappa shape index (κ2) is 5.92. The van der Waals surface area contributed by atoms with Crippen molar-refractivity contribution in [2.24, 2.45) is 0 Å². The molecule has 2 aromatic carbocycles. The second-order valence-corrected chi connectivity index (χ2v) is 5.27. The van der Waals surface area contributed by atoms with Crippen molar-refractivity contribution in [1.29, 1.82) is 0 Å². The highest BCUT2D eigenvalue weighted by Gasteiger charge is 2.14. The molecule has 0 unspecified atom stereocenters. The number of anilines is 1. The van der Waals surface area contributed by atoms with Gasteiger partial charge in [0.05, 0.1) is 4.92 Å². The monoisotopic (exact) mass is 336 g/mol. The van der Waals surface area contributed by atoms with Crippen LogP contribution in [-0.4, -0.2) is 10.0 Å². The lowest BCUT2D eigenvalue weighted by atomic mass is 10.1. The van der Waals surface area contributed by atoms with Crippen LogP contribution in [0.5, 0.6) is 5.75 Å². The van der Waals surface area contributed by atoms with E-state index < -0.39 is 4.92 Å². The Kier molecular flexibility index (Phi) is 4.24. The molecule has 2 rings (SSSR count). The maximum Gasteiger partial charge on any atom is 0.293 e. The molecule has 0 aliphatic carbocycles. The summed E-state index contributed by atoms with van der Waals surface area (Å²) in [6.45, 7) is 2.12. The molecule has 0 fully saturated rings. The second-order valence-electron chi connectivity index (χ2n) is 4.35. The zero-order valence-corrected chi connectivity index (χ0v) is 12.3. The molecule has 0 bridgehead atoms. The van der Waals surface area contributed by atoms with Crippen molar-refractivity contribution in [2.45, 2.75) is 13.5 Å². The Hall–Kier alpha value is -2.08. The topological polar surface area (TPSA) is 75.4 Å². The maximum atomic E-state index is 11.0. The fourth-order valence-electron chi connectivity index (χ4n) is 1.86. The standard InChI is InChI=1S/C14H13BrN2O3/c1-9-3-2-4-10(14(9)18)8-16-12-6-5-11(15)7-13(12)17(19)20/h2-7,16,18H,8H2,1H3. The van der Waals surface area contributed by atoms with Crippen molar-refractivity contribution < 1.29 is 10.0 Å². The number of aryl methyl sites for hydroxylation is 1. The summed E-state index contributed by atoms with van der Waals surface area (Å²) in [4.78, 5) is 10.6.